The number of hydrogen-bond acceptors (Lipinski definition) is 5. The van der Waals surface area contributed by atoms with E-state index in [2.05, 4.69) is 16.0 Å². The number of rotatable bonds is 6. The normalized spacial score (nSPS) is 11.7. The van der Waals surface area contributed by atoms with Crippen LogP contribution in [0.25, 0.3) is 0 Å². The molecule has 0 aromatic heterocycles. The molecule has 0 aliphatic carbocycles. The lowest BCUT2D eigenvalue weighted by atomic mass is 10.2. The van der Waals surface area contributed by atoms with Gasteiger partial charge in [-0.15, -0.1) is 0 Å². The Morgan fingerprint density at radius 2 is 1.67 bits per heavy atom. The molecule has 0 saturated heterocycles. The number of anilines is 1. The highest BCUT2D eigenvalue weighted by Crippen LogP contribution is 2.29. The van der Waals surface area contributed by atoms with Crippen LogP contribution in [-0.2, 0) is 16.1 Å². The molecule has 0 aliphatic rings. The van der Waals surface area contributed by atoms with Crippen molar-refractivity contribution >= 4 is 69.9 Å². The third kappa shape index (κ3) is 7.53. The number of benzene rings is 2. The van der Waals surface area contributed by atoms with Crippen LogP contribution in [-0.4, -0.2) is 34.2 Å². The van der Waals surface area contributed by atoms with Crippen LogP contribution in [0.2, 0.25) is 0 Å². The lowest BCUT2D eigenvalue weighted by Gasteiger charge is -2.27. The minimum absolute atomic E-state index is 0.00830. The number of alkyl carbamates (subject to hydrolysis) is 1. The number of alkyl halides is 3. The maximum atomic E-state index is 12.1. The maximum absolute atomic E-state index is 12.1. The van der Waals surface area contributed by atoms with Gasteiger partial charge in [0.2, 0.25) is 3.79 Å². The van der Waals surface area contributed by atoms with Crippen LogP contribution in [0.1, 0.15) is 15.9 Å². The predicted octanol–water partition coefficient (Wildman–Crippen LogP) is 4.38. The Morgan fingerprint density at radius 1 is 1.03 bits per heavy atom. The van der Waals surface area contributed by atoms with Crippen molar-refractivity contribution in [3.63, 3.8) is 0 Å². The van der Waals surface area contributed by atoms with Gasteiger partial charge >= 0.3 is 12.1 Å². The van der Waals surface area contributed by atoms with E-state index in [1.807, 2.05) is 18.2 Å². The van der Waals surface area contributed by atoms with Gasteiger partial charge in [0.15, 0.2) is 11.3 Å². The number of thiocarbonyl (C=S) groups is 1. The average Bonchev–Trinajstić information content (AvgIpc) is 2.71. The monoisotopic (exact) mass is 489 g/mol. The first-order chi connectivity index (χ1) is 14.2. The Labute approximate surface area is 194 Å². The number of carbonyl (C=O) groups excluding carboxylic acids is 2. The average molecular weight is 491 g/mol. The fourth-order valence-electron chi connectivity index (χ4n) is 2.25. The van der Waals surface area contributed by atoms with E-state index in [9.17, 15) is 9.59 Å². The van der Waals surface area contributed by atoms with E-state index in [-0.39, 0.29) is 17.3 Å². The highest BCUT2D eigenvalue weighted by molar-refractivity contribution is 7.80. The summed E-state index contributed by atoms with van der Waals surface area (Å²) in [5, 5.41) is 7.89. The zero-order valence-corrected chi connectivity index (χ0v) is 18.7. The van der Waals surface area contributed by atoms with Gasteiger partial charge in [-0.1, -0.05) is 77.3 Å². The topological polar surface area (TPSA) is 88.7 Å². The molecule has 0 unspecified atom stereocenters. The second-order valence-electron chi connectivity index (χ2n) is 5.82. The van der Waals surface area contributed by atoms with Crippen molar-refractivity contribution < 1.29 is 19.1 Å². The number of amides is 1. The maximum Gasteiger partial charge on any atom is 0.409 e. The van der Waals surface area contributed by atoms with Crippen molar-refractivity contribution in [1.82, 2.24) is 10.6 Å². The first-order valence-corrected chi connectivity index (χ1v) is 10.0. The number of para-hydroxylation sites is 1. The molecule has 2 rings (SSSR count). The van der Waals surface area contributed by atoms with E-state index in [0.717, 1.165) is 5.56 Å². The molecule has 1 atom stereocenters. The summed E-state index contributed by atoms with van der Waals surface area (Å²) in [5.74, 6) is -0.554. The van der Waals surface area contributed by atoms with Crippen molar-refractivity contribution in [2.24, 2.45) is 0 Å². The molecule has 2 aromatic rings. The summed E-state index contributed by atoms with van der Waals surface area (Å²) in [6.45, 7) is 0.0362. The molecule has 3 N–H and O–H groups in total. The van der Waals surface area contributed by atoms with Crippen molar-refractivity contribution in [3.05, 3.63) is 65.7 Å². The van der Waals surface area contributed by atoms with Crippen LogP contribution in [0.4, 0.5) is 10.5 Å². The largest absolute Gasteiger partial charge is 0.465 e. The molecule has 0 saturated carbocycles. The minimum atomic E-state index is -1.96. The summed E-state index contributed by atoms with van der Waals surface area (Å²) in [4.78, 5) is 24.0. The molecule has 1 amide bonds. The van der Waals surface area contributed by atoms with Gasteiger partial charge in [0.1, 0.15) is 6.61 Å². The molecular weight excluding hydrogens is 473 g/mol. The number of nitrogens with one attached hydrogen (secondary N) is 3. The van der Waals surface area contributed by atoms with Gasteiger partial charge in [0, 0.05) is 0 Å². The number of hydrogen-bond donors (Lipinski definition) is 3. The van der Waals surface area contributed by atoms with Gasteiger partial charge in [0.25, 0.3) is 0 Å². The van der Waals surface area contributed by atoms with Gasteiger partial charge in [-0.3, -0.25) is 5.32 Å². The van der Waals surface area contributed by atoms with Gasteiger partial charge in [-0.05, 0) is 29.9 Å². The third-order valence-electron chi connectivity index (χ3n) is 3.66. The SMILES string of the molecule is COC(=O)c1ccccc1NC(=S)N[C@H](NC(=O)OCc1ccccc1)C(Cl)(Cl)Cl. The summed E-state index contributed by atoms with van der Waals surface area (Å²) in [7, 11) is 1.26. The fourth-order valence-corrected chi connectivity index (χ4v) is 2.81. The summed E-state index contributed by atoms with van der Waals surface area (Å²) in [6.07, 6.45) is -2.04. The Bertz CT molecular complexity index is 894. The van der Waals surface area contributed by atoms with E-state index in [0.29, 0.717) is 5.69 Å². The fraction of sp³-hybridized carbons (Fsp3) is 0.211. The van der Waals surface area contributed by atoms with E-state index in [4.69, 9.17) is 56.5 Å². The van der Waals surface area contributed by atoms with Crippen LogP contribution in [0.3, 0.4) is 0 Å². The Hall–Kier alpha value is -2.26. The quantitative estimate of drug-likeness (QED) is 0.240. The molecule has 0 bridgehead atoms. The molecule has 160 valence electrons. The number of ether oxygens (including phenoxy) is 2. The third-order valence-corrected chi connectivity index (χ3v) is 4.53. The smallest absolute Gasteiger partial charge is 0.409 e. The van der Waals surface area contributed by atoms with E-state index in [1.54, 1.807) is 36.4 Å². The van der Waals surface area contributed by atoms with Crippen LogP contribution in [0.15, 0.2) is 54.6 Å². The molecule has 11 heteroatoms. The Kier molecular flexibility index (Phi) is 8.98. The van der Waals surface area contributed by atoms with Gasteiger partial charge in [-0.25, -0.2) is 9.59 Å². The summed E-state index contributed by atoms with van der Waals surface area (Å²) >= 11 is 23.1. The zero-order valence-electron chi connectivity index (χ0n) is 15.7. The van der Waals surface area contributed by atoms with E-state index in [1.165, 1.54) is 7.11 Å². The Balaban J connectivity index is 2.00. The van der Waals surface area contributed by atoms with Crippen molar-refractivity contribution in [3.8, 4) is 0 Å². The molecule has 0 heterocycles. The van der Waals surface area contributed by atoms with Crippen LogP contribution in [0.5, 0.6) is 0 Å². The van der Waals surface area contributed by atoms with Crippen LogP contribution >= 0.6 is 47.0 Å². The summed E-state index contributed by atoms with van der Waals surface area (Å²) in [6, 6.07) is 15.6. The molecular formula is C19H18Cl3N3O4S. The molecule has 0 fully saturated rings. The lowest BCUT2D eigenvalue weighted by molar-refractivity contribution is 0.0602. The number of esters is 1. The molecule has 0 spiro atoms. The predicted molar refractivity (Wildman–Crippen MR) is 121 cm³/mol. The van der Waals surface area contributed by atoms with Crippen molar-refractivity contribution in [2.75, 3.05) is 12.4 Å². The second-order valence-corrected chi connectivity index (χ2v) is 8.59. The highest BCUT2D eigenvalue weighted by atomic mass is 35.6. The molecule has 7 nitrogen and oxygen atoms in total. The minimum Gasteiger partial charge on any atom is -0.465 e. The molecule has 30 heavy (non-hydrogen) atoms. The van der Waals surface area contributed by atoms with Crippen molar-refractivity contribution in [2.45, 2.75) is 16.6 Å². The lowest BCUT2D eigenvalue weighted by Crippen LogP contribution is -2.56. The van der Waals surface area contributed by atoms with Crippen LogP contribution in [0, 0.1) is 0 Å². The Morgan fingerprint density at radius 3 is 2.30 bits per heavy atom. The number of halogens is 3. The molecule has 0 radical (unpaired) electrons. The highest BCUT2D eigenvalue weighted by Gasteiger charge is 2.35. The van der Waals surface area contributed by atoms with Crippen molar-refractivity contribution in [1.29, 1.82) is 0 Å². The van der Waals surface area contributed by atoms with E-state index < -0.39 is 22.0 Å². The standard InChI is InChI=1S/C19H18Cl3N3O4S/c1-28-15(26)13-9-5-6-10-14(13)23-17(30)24-16(19(20,21)22)25-18(27)29-11-12-7-3-2-4-8-12/h2-10,16H,11H2,1H3,(H,25,27)(H2,23,24,30)/t16-/m1/s1. The molecule has 0 aliphatic heterocycles. The number of methoxy groups -OCH3 is 1. The summed E-state index contributed by atoms with van der Waals surface area (Å²) in [5.41, 5.74) is 1.42. The zero-order chi connectivity index (χ0) is 22.1. The first-order valence-electron chi connectivity index (χ1n) is 8.49. The van der Waals surface area contributed by atoms with Crippen LogP contribution < -0.4 is 16.0 Å². The van der Waals surface area contributed by atoms with Gasteiger partial charge in [0.05, 0.1) is 18.4 Å². The first kappa shape index (κ1) is 24.0. The number of carbonyl (C=O) groups is 2. The van der Waals surface area contributed by atoms with Gasteiger partial charge < -0.3 is 20.1 Å². The molecule has 2 aromatic carbocycles. The summed E-state index contributed by atoms with van der Waals surface area (Å²) < 4.78 is 7.90. The second kappa shape index (κ2) is 11.2. The van der Waals surface area contributed by atoms with E-state index >= 15 is 0 Å². The van der Waals surface area contributed by atoms with Gasteiger partial charge in [-0.2, -0.15) is 0 Å².